The van der Waals surface area contributed by atoms with Gasteiger partial charge in [0.05, 0.1) is 25.1 Å². The molecule has 1 aromatic carbocycles. The zero-order valence-corrected chi connectivity index (χ0v) is 9.74. The number of aliphatic hydroxyl groups is 1. The van der Waals surface area contributed by atoms with E-state index in [2.05, 4.69) is 0 Å². The summed E-state index contributed by atoms with van der Waals surface area (Å²) in [5.41, 5.74) is 2.93. The third-order valence-electron chi connectivity index (χ3n) is 2.69. The lowest BCUT2D eigenvalue weighted by atomic mass is 10.0. The van der Waals surface area contributed by atoms with Crippen LogP contribution < -0.4 is 0 Å². The van der Waals surface area contributed by atoms with Crippen molar-refractivity contribution >= 4 is 5.97 Å². The lowest BCUT2D eigenvalue weighted by Gasteiger charge is -2.08. The highest BCUT2D eigenvalue weighted by Crippen LogP contribution is 2.20. The Morgan fingerprint density at radius 3 is 2.44 bits per heavy atom. The van der Waals surface area contributed by atoms with E-state index < -0.39 is 12.1 Å². The maximum atomic E-state index is 10.4. The predicted molar refractivity (Wildman–Crippen MR) is 66.1 cm³/mol. The second kappa shape index (κ2) is 5.51. The van der Waals surface area contributed by atoms with Crippen molar-refractivity contribution in [2.45, 2.75) is 18.9 Å². The van der Waals surface area contributed by atoms with Crippen LogP contribution in [0.25, 0.3) is 11.1 Å². The Morgan fingerprint density at radius 1 is 1.17 bits per heavy atom. The molecule has 1 aromatic heterocycles. The fourth-order valence-corrected chi connectivity index (χ4v) is 1.81. The van der Waals surface area contributed by atoms with Crippen molar-refractivity contribution in [1.82, 2.24) is 0 Å². The van der Waals surface area contributed by atoms with Crippen LogP contribution >= 0.6 is 0 Å². The summed E-state index contributed by atoms with van der Waals surface area (Å²) in [6, 6.07) is 9.48. The number of carboxylic acid groups (broad SMARTS) is 1. The Balaban J connectivity index is 2.02. The number of furan rings is 1. The number of aliphatic hydroxyl groups excluding tert-OH is 1. The van der Waals surface area contributed by atoms with Crippen LogP contribution in [0.5, 0.6) is 0 Å². The van der Waals surface area contributed by atoms with Crippen LogP contribution in [-0.4, -0.2) is 22.3 Å². The summed E-state index contributed by atoms with van der Waals surface area (Å²) in [4.78, 5) is 10.4. The number of aliphatic carboxylic acids is 1. The number of hydrogen-bond donors (Lipinski definition) is 2. The lowest BCUT2D eigenvalue weighted by Crippen LogP contribution is -2.15. The molecule has 1 unspecified atom stereocenters. The summed E-state index contributed by atoms with van der Waals surface area (Å²) in [6.45, 7) is 0. The Labute approximate surface area is 104 Å². The van der Waals surface area contributed by atoms with E-state index in [1.807, 2.05) is 30.3 Å². The Kier molecular flexibility index (Phi) is 3.79. The van der Waals surface area contributed by atoms with Crippen molar-refractivity contribution in [3.05, 3.63) is 48.4 Å². The predicted octanol–water partition coefficient (Wildman–Crippen LogP) is 2.32. The first kappa shape index (κ1) is 12.4. The van der Waals surface area contributed by atoms with E-state index in [0.717, 1.165) is 16.7 Å². The van der Waals surface area contributed by atoms with E-state index >= 15 is 0 Å². The quantitative estimate of drug-likeness (QED) is 0.849. The second-order valence-electron chi connectivity index (χ2n) is 4.16. The summed E-state index contributed by atoms with van der Waals surface area (Å²) < 4.78 is 5.00. The average Bonchev–Trinajstić information content (AvgIpc) is 2.82. The van der Waals surface area contributed by atoms with Gasteiger partial charge in [-0.1, -0.05) is 24.3 Å². The summed E-state index contributed by atoms with van der Waals surface area (Å²) in [5.74, 6) is -0.988. The van der Waals surface area contributed by atoms with Crippen LogP contribution in [-0.2, 0) is 11.2 Å². The number of carbonyl (C=O) groups is 1. The van der Waals surface area contributed by atoms with Crippen LogP contribution in [0.3, 0.4) is 0 Å². The zero-order chi connectivity index (χ0) is 13.0. The molecule has 1 atom stereocenters. The van der Waals surface area contributed by atoms with Crippen molar-refractivity contribution in [2.75, 3.05) is 0 Å². The molecule has 18 heavy (non-hydrogen) atoms. The molecule has 0 saturated heterocycles. The van der Waals surface area contributed by atoms with E-state index in [0.29, 0.717) is 6.42 Å². The molecule has 2 aromatic rings. The van der Waals surface area contributed by atoms with E-state index in [9.17, 15) is 9.90 Å². The molecule has 2 rings (SSSR count). The molecule has 2 N–H and O–H groups in total. The monoisotopic (exact) mass is 246 g/mol. The highest BCUT2D eigenvalue weighted by atomic mass is 16.4. The molecule has 0 spiro atoms. The minimum absolute atomic E-state index is 0.233. The molecule has 0 bridgehead atoms. The van der Waals surface area contributed by atoms with Crippen LogP contribution in [0.2, 0.25) is 0 Å². The van der Waals surface area contributed by atoms with E-state index in [1.54, 1.807) is 12.5 Å². The fourth-order valence-electron chi connectivity index (χ4n) is 1.81. The minimum Gasteiger partial charge on any atom is -0.481 e. The topological polar surface area (TPSA) is 70.7 Å². The van der Waals surface area contributed by atoms with Crippen LogP contribution in [0, 0.1) is 0 Å². The van der Waals surface area contributed by atoms with E-state index in [-0.39, 0.29) is 6.42 Å². The van der Waals surface area contributed by atoms with Gasteiger partial charge in [0, 0.05) is 5.56 Å². The van der Waals surface area contributed by atoms with Gasteiger partial charge in [0.2, 0.25) is 0 Å². The molecule has 0 radical (unpaired) electrons. The van der Waals surface area contributed by atoms with Gasteiger partial charge in [-0.2, -0.15) is 0 Å². The molecule has 1 heterocycles. The van der Waals surface area contributed by atoms with Gasteiger partial charge in [-0.05, 0) is 23.6 Å². The number of benzene rings is 1. The third kappa shape index (κ3) is 3.21. The van der Waals surface area contributed by atoms with Crippen LogP contribution in [0.4, 0.5) is 0 Å². The molecule has 0 saturated carbocycles. The van der Waals surface area contributed by atoms with Gasteiger partial charge in [-0.25, -0.2) is 0 Å². The average molecular weight is 246 g/mol. The highest BCUT2D eigenvalue weighted by molar-refractivity contribution is 5.67. The number of carboxylic acids is 1. The summed E-state index contributed by atoms with van der Waals surface area (Å²) >= 11 is 0. The maximum absolute atomic E-state index is 10.4. The van der Waals surface area contributed by atoms with Gasteiger partial charge in [0.1, 0.15) is 0 Å². The van der Waals surface area contributed by atoms with Crippen molar-refractivity contribution in [3.8, 4) is 11.1 Å². The number of rotatable bonds is 5. The largest absolute Gasteiger partial charge is 0.481 e. The number of hydrogen-bond acceptors (Lipinski definition) is 3. The Morgan fingerprint density at radius 2 is 1.89 bits per heavy atom. The minimum atomic E-state index is -0.988. The van der Waals surface area contributed by atoms with Crippen LogP contribution in [0.15, 0.2) is 47.3 Å². The molecule has 0 fully saturated rings. The molecule has 0 aliphatic rings. The first-order valence-electron chi connectivity index (χ1n) is 5.66. The molecule has 0 aliphatic heterocycles. The van der Waals surface area contributed by atoms with Crippen molar-refractivity contribution in [1.29, 1.82) is 0 Å². The summed E-state index contributed by atoms with van der Waals surface area (Å²) in [5, 5.41) is 18.1. The van der Waals surface area contributed by atoms with E-state index in [4.69, 9.17) is 9.52 Å². The van der Waals surface area contributed by atoms with Gasteiger partial charge in [0.25, 0.3) is 0 Å². The molecular formula is C14H14O4. The Bertz CT molecular complexity index is 499. The highest BCUT2D eigenvalue weighted by Gasteiger charge is 2.10. The standard InChI is InChI=1S/C14H14O4/c15-13(8-14(16)17)7-10-1-3-11(4-2-10)12-5-6-18-9-12/h1-6,9,13,15H,7-8H2,(H,16,17). The summed E-state index contributed by atoms with van der Waals surface area (Å²) in [7, 11) is 0. The second-order valence-corrected chi connectivity index (χ2v) is 4.16. The van der Waals surface area contributed by atoms with Crippen molar-refractivity contribution < 1.29 is 19.4 Å². The molecule has 0 amide bonds. The van der Waals surface area contributed by atoms with Gasteiger partial charge in [0.15, 0.2) is 0 Å². The van der Waals surface area contributed by atoms with Gasteiger partial charge < -0.3 is 14.6 Å². The van der Waals surface area contributed by atoms with Crippen molar-refractivity contribution in [2.24, 2.45) is 0 Å². The fraction of sp³-hybridized carbons (Fsp3) is 0.214. The molecule has 0 aliphatic carbocycles. The normalized spacial score (nSPS) is 12.3. The SMILES string of the molecule is O=C(O)CC(O)Cc1ccc(-c2ccoc2)cc1. The smallest absolute Gasteiger partial charge is 0.305 e. The zero-order valence-electron chi connectivity index (χ0n) is 9.74. The molecular weight excluding hydrogens is 232 g/mol. The van der Waals surface area contributed by atoms with Gasteiger partial charge in [-0.15, -0.1) is 0 Å². The molecule has 4 heteroatoms. The third-order valence-corrected chi connectivity index (χ3v) is 2.69. The lowest BCUT2D eigenvalue weighted by molar-refractivity contribution is -0.139. The van der Waals surface area contributed by atoms with Gasteiger partial charge >= 0.3 is 5.97 Å². The first-order valence-corrected chi connectivity index (χ1v) is 5.66. The molecule has 94 valence electrons. The molecule has 4 nitrogen and oxygen atoms in total. The maximum Gasteiger partial charge on any atom is 0.305 e. The van der Waals surface area contributed by atoms with Crippen LogP contribution in [0.1, 0.15) is 12.0 Å². The first-order chi connectivity index (χ1) is 8.65. The van der Waals surface area contributed by atoms with E-state index in [1.165, 1.54) is 0 Å². The van der Waals surface area contributed by atoms with Crippen molar-refractivity contribution in [3.63, 3.8) is 0 Å². The summed E-state index contributed by atoms with van der Waals surface area (Å²) in [6.07, 6.45) is 2.54. The Hall–Kier alpha value is -2.07. The van der Waals surface area contributed by atoms with Gasteiger partial charge in [-0.3, -0.25) is 4.79 Å².